The van der Waals surface area contributed by atoms with E-state index in [1.165, 1.54) is 34.6 Å². The van der Waals surface area contributed by atoms with E-state index in [2.05, 4.69) is 25.9 Å². The van der Waals surface area contributed by atoms with Gasteiger partial charge in [-0.15, -0.1) is 10.2 Å². The number of aromatic nitrogens is 4. The first-order valence-corrected chi connectivity index (χ1v) is 8.42. The summed E-state index contributed by atoms with van der Waals surface area (Å²) >= 11 is 1.21. The minimum absolute atomic E-state index is 0.174. The van der Waals surface area contributed by atoms with Crippen LogP contribution in [0.3, 0.4) is 0 Å². The van der Waals surface area contributed by atoms with Crippen LogP contribution in [0.1, 0.15) is 39.5 Å². The minimum Gasteiger partial charge on any atom is -0.354 e. The van der Waals surface area contributed by atoms with Gasteiger partial charge in [-0.25, -0.2) is 0 Å². The predicted octanol–water partition coefficient (Wildman–Crippen LogP) is 1.96. The predicted molar refractivity (Wildman–Crippen MR) is 93.7 cm³/mol. The molecule has 0 radical (unpaired) electrons. The average Bonchev–Trinajstić information content (AvgIpc) is 3.30. The second-order valence-corrected chi connectivity index (χ2v) is 6.06. The molecule has 2 heterocycles. The van der Waals surface area contributed by atoms with E-state index in [9.17, 15) is 9.59 Å². The molecule has 3 rings (SSSR count). The third kappa shape index (κ3) is 3.56. The molecule has 2 aromatic heterocycles. The smallest absolute Gasteiger partial charge is 0.275 e. The molecule has 0 aliphatic carbocycles. The Balaban J connectivity index is 1.99. The van der Waals surface area contributed by atoms with Gasteiger partial charge >= 0.3 is 0 Å². The monoisotopic (exact) mass is 356 g/mol. The molecule has 8 nitrogen and oxygen atoms in total. The SMILES string of the molecule is CNC(=O)c1cc(C(=O)Nc2nncs2)n([C@@H](C)c2ccccc2)n1. The van der Waals surface area contributed by atoms with Crippen LogP contribution in [0.15, 0.2) is 41.9 Å². The van der Waals surface area contributed by atoms with Gasteiger partial charge in [0.15, 0.2) is 5.69 Å². The highest BCUT2D eigenvalue weighted by molar-refractivity contribution is 7.13. The van der Waals surface area contributed by atoms with Gasteiger partial charge < -0.3 is 5.32 Å². The van der Waals surface area contributed by atoms with Crippen molar-refractivity contribution in [3.63, 3.8) is 0 Å². The van der Waals surface area contributed by atoms with Crippen LogP contribution in [0, 0.1) is 0 Å². The van der Waals surface area contributed by atoms with Crippen LogP contribution in [-0.4, -0.2) is 38.8 Å². The molecular weight excluding hydrogens is 340 g/mol. The Bertz CT molecular complexity index is 875. The number of hydrogen-bond acceptors (Lipinski definition) is 6. The summed E-state index contributed by atoms with van der Waals surface area (Å²) in [7, 11) is 1.52. The van der Waals surface area contributed by atoms with E-state index in [0.717, 1.165) is 5.56 Å². The zero-order valence-electron chi connectivity index (χ0n) is 13.6. The molecule has 0 fully saturated rings. The first kappa shape index (κ1) is 16.8. The van der Waals surface area contributed by atoms with Crippen LogP contribution in [0.25, 0.3) is 0 Å². The van der Waals surface area contributed by atoms with Gasteiger partial charge in [-0.1, -0.05) is 41.7 Å². The van der Waals surface area contributed by atoms with E-state index in [-0.39, 0.29) is 23.3 Å². The second-order valence-electron chi connectivity index (χ2n) is 5.22. The standard InChI is InChI=1S/C16H16N6O2S/c1-10(11-6-4-3-5-7-11)22-13(8-12(21-22)14(23)17-2)15(24)19-16-20-18-9-25-16/h3-10H,1-2H3,(H,17,23)(H,19,20,24)/t10-/m0/s1. The number of carbonyl (C=O) groups excluding carboxylic acids is 2. The number of benzene rings is 1. The highest BCUT2D eigenvalue weighted by Crippen LogP contribution is 2.21. The molecule has 0 spiro atoms. The van der Waals surface area contributed by atoms with E-state index in [1.807, 2.05) is 37.3 Å². The van der Waals surface area contributed by atoms with Crippen LogP contribution >= 0.6 is 11.3 Å². The van der Waals surface area contributed by atoms with Crippen molar-refractivity contribution >= 4 is 28.3 Å². The molecule has 0 saturated carbocycles. The molecule has 128 valence electrons. The van der Waals surface area contributed by atoms with Crippen LogP contribution in [0.2, 0.25) is 0 Å². The molecule has 0 aliphatic heterocycles. The largest absolute Gasteiger partial charge is 0.354 e. The zero-order chi connectivity index (χ0) is 17.8. The summed E-state index contributed by atoms with van der Waals surface area (Å²) in [4.78, 5) is 24.6. The van der Waals surface area contributed by atoms with E-state index in [1.54, 1.807) is 0 Å². The lowest BCUT2D eigenvalue weighted by atomic mass is 10.1. The van der Waals surface area contributed by atoms with Crippen LogP contribution in [0.4, 0.5) is 5.13 Å². The van der Waals surface area contributed by atoms with Gasteiger partial charge in [-0.3, -0.25) is 19.6 Å². The molecule has 0 saturated heterocycles. The summed E-state index contributed by atoms with van der Waals surface area (Å²) < 4.78 is 1.54. The number of nitrogens with zero attached hydrogens (tertiary/aromatic N) is 4. The van der Waals surface area contributed by atoms with E-state index in [4.69, 9.17) is 0 Å². The molecule has 0 bridgehead atoms. The lowest BCUT2D eigenvalue weighted by Crippen LogP contribution is -2.21. The number of rotatable bonds is 5. The van der Waals surface area contributed by atoms with Crippen molar-refractivity contribution in [3.05, 3.63) is 58.9 Å². The molecule has 1 atom stereocenters. The highest BCUT2D eigenvalue weighted by Gasteiger charge is 2.23. The Morgan fingerprint density at radius 3 is 2.60 bits per heavy atom. The molecular formula is C16H16N6O2S. The lowest BCUT2D eigenvalue weighted by Gasteiger charge is -2.15. The number of anilines is 1. The van der Waals surface area contributed by atoms with Crippen molar-refractivity contribution in [1.82, 2.24) is 25.3 Å². The van der Waals surface area contributed by atoms with Crippen molar-refractivity contribution in [3.8, 4) is 0 Å². The maximum atomic E-state index is 12.6. The summed E-state index contributed by atoms with van der Waals surface area (Å²) in [5.74, 6) is -0.758. The lowest BCUT2D eigenvalue weighted by molar-refractivity contribution is 0.0956. The number of hydrogen-bond donors (Lipinski definition) is 2. The van der Waals surface area contributed by atoms with Crippen LogP contribution in [-0.2, 0) is 0 Å². The normalized spacial score (nSPS) is 11.8. The fourth-order valence-electron chi connectivity index (χ4n) is 2.36. The average molecular weight is 356 g/mol. The van der Waals surface area contributed by atoms with Crippen LogP contribution in [0.5, 0.6) is 0 Å². The Morgan fingerprint density at radius 2 is 1.96 bits per heavy atom. The Kier molecular flexibility index (Phi) is 4.85. The Labute approximate surface area is 147 Å². The summed E-state index contributed by atoms with van der Waals surface area (Å²) in [6.45, 7) is 1.91. The van der Waals surface area contributed by atoms with Crippen molar-refractivity contribution < 1.29 is 9.59 Å². The molecule has 0 aliphatic rings. The molecule has 2 amide bonds. The highest BCUT2D eigenvalue weighted by atomic mass is 32.1. The van der Waals surface area contributed by atoms with Crippen molar-refractivity contribution in [2.24, 2.45) is 0 Å². The first-order valence-electron chi connectivity index (χ1n) is 7.54. The summed E-state index contributed by atoms with van der Waals surface area (Å²) in [5, 5.41) is 17.4. The topological polar surface area (TPSA) is 102 Å². The molecule has 9 heteroatoms. The quantitative estimate of drug-likeness (QED) is 0.727. The van der Waals surface area contributed by atoms with E-state index in [0.29, 0.717) is 5.13 Å². The van der Waals surface area contributed by atoms with Crippen molar-refractivity contribution in [1.29, 1.82) is 0 Å². The van der Waals surface area contributed by atoms with Gasteiger partial charge in [-0.2, -0.15) is 5.10 Å². The first-order chi connectivity index (χ1) is 12.1. The van der Waals surface area contributed by atoms with Gasteiger partial charge in [-0.05, 0) is 12.5 Å². The summed E-state index contributed by atoms with van der Waals surface area (Å²) in [5.41, 5.74) is 2.94. The number of nitrogens with one attached hydrogen (secondary N) is 2. The maximum Gasteiger partial charge on any atom is 0.275 e. The summed E-state index contributed by atoms with van der Waals surface area (Å²) in [6.07, 6.45) is 0. The minimum atomic E-state index is -0.401. The molecule has 2 N–H and O–H groups in total. The zero-order valence-corrected chi connectivity index (χ0v) is 14.4. The molecule has 25 heavy (non-hydrogen) atoms. The number of carbonyl (C=O) groups is 2. The third-order valence-corrected chi connectivity index (χ3v) is 4.26. The molecule has 0 unspecified atom stereocenters. The third-order valence-electron chi connectivity index (χ3n) is 3.66. The van der Waals surface area contributed by atoms with Gasteiger partial charge in [0.1, 0.15) is 11.2 Å². The fraction of sp³-hybridized carbons (Fsp3) is 0.188. The van der Waals surface area contributed by atoms with Crippen molar-refractivity contribution in [2.45, 2.75) is 13.0 Å². The summed E-state index contributed by atoms with van der Waals surface area (Å²) in [6, 6.07) is 10.9. The Hall–Kier alpha value is -3.07. The van der Waals surface area contributed by atoms with E-state index >= 15 is 0 Å². The second kappa shape index (κ2) is 7.22. The molecule has 3 aromatic rings. The van der Waals surface area contributed by atoms with Crippen LogP contribution < -0.4 is 10.6 Å². The van der Waals surface area contributed by atoms with Gasteiger partial charge in [0.2, 0.25) is 5.13 Å². The van der Waals surface area contributed by atoms with Gasteiger partial charge in [0.25, 0.3) is 11.8 Å². The van der Waals surface area contributed by atoms with E-state index < -0.39 is 5.91 Å². The maximum absolute atomic E-state index is 12.6. The molecule has 1 aromatic carbocycles. The van der Waals surface area contributed by atoms with Gasteiger partial charge in [0, 0.05) is 13.1 Å². The fourth-order valence-corrected chi connectivity index (χ4v) is 2.80. The number of amides is 2. The van der Waals surface area contributed by atoms with Crippen molar-refractivity contribution in [2.75, 3.05) is 12.4 Å². The Morgan fingerprint density at radius 1 is 1.20 bits per heavy atom. The van der Waals surface area contributed by atoms with Gasteiger partial charge in [0.05, 0.1) is 6.04 Å².